The summed E-state index contributed by atoms with van der Waals surface area (Å²) in [7, 11) is 0. The molecule has 0 aromatic heterocycles. The zero-order chi connectivity index (χ0) is 10.3. The number of hydrogen-bond donors (Lipinski definition) is 1. The predicted molar refractivity (Wildman–Crippen MR) is 55.0 cm³/mol. The fraction of sp³-hybridized carbons (Fsp3) is 0.750. The Morgan fingerprint density at radius 1 is 1.43 bits per heavy atom. The molecule has 1 unspecified atom stereocenters. The van der Waals surface area contributed by atoms with Gasteiger partial charge in [0, 0.05) is 17.4 Å². The summed E-state index contributed by atoms with van der Waals surface area (Å²) in [5.41, 5.74) is 0.699. The normalized spacial score (nSPS) is 29.9. The molecule has 2 aliphatic rings. The molecule has 0 aliphatic heterocycles. The third-order valence-corrected chi connectivity index (χ3v) is 4.18. The number of carbonyl (C=O) groups excluding carboxylic acids is 1. The SMILES string of the molecule is CCC1(CC)CC2CCC(=O)C2=C1O. The van der Waals surface area contributed by atoms with E-state index >= 15 is 0 Å². The van der Waals surface area contributed by atoms with Crippen molar-refractivity contribution in [3.05, 3.63) is 11.3 Å². The summed E-state index contributed by atoms with van der Waals surface area (Å²) in [5, 5.41) is 10.1. The summed E-state index contributed by atoms with van der Waals surface area (Å²) in [6.07, 6.45) is 4.49. The monoisotopic (exact) mass is 194 g/mol. The zero-order valence-electron chi connectivity index (χ0n) is 8.97. The van der Waals surface area contributed by atoms with E-state index in [9.17, 15) is 9.90 Å². The van der Waals surface area contributed by atoms with Crippen LogP contribution in [0.15, 0.2) is 11.3 Å². The third-order valence-electron chi connectivity index (χ3n) is 4.18. The fourth-order valence-electron chi connectivity index (χ4n) is 3.07. The van der Waals surface area contributed by atoms with Gasteiger partial charge in [0.25, 0.3) is 0 Å². The predicted octanol–water partition coefficient (Wildman–Crippen LogP) is 2.99. The maximum absolute atomic E-state index is 11.6. The van der Waals surface area contributed by atoms with Gasteiger partial charge < -0.3 is 5.11 Å². The smallest absolute Gasteiger partial charge is 0.162 e. The molecule has 1 saturated carbocycles. The van der Waals surface area contributed by atoms with Gasteiger partial charge in [-0.15, -0.1) is 0 Å². The van der Waals surface area contributed by atoms with Crippen LogP contribution in [-0.2, 0) is 4.79 Å². The number of carbonyl (C=O) groups is 1. The third kappa shape index (κ3) is 1.06. The molecule has 0 saturated heterocycles. The van der Waals surface area contributed by atoms with E-state index in [-0.39, 0.29) is 11.2 Å². The van der Waals surface area contributed by atoms with Crippen LogP contribution in [0.4, 0.5) is 0 Å². The Labute approximate surface area is 85.0 Å². The van der Waals surface area contributed by atoms with Gasteiger partial charge in [0.05, 0.1) is 0 Å². The molecular weight excluding hydrogens is 176 g/mol. The van der Waals surface area contributed by atoms with Gasteiger partial charge >= 0.3 is 0 Å². The van der Waals surface area contributed by atoms with Gasteiger partial charge in [0.1, 0.15) is 5.76 Å². The van der Waals surface area contributed by atoms with Crippen LogP contribution in [0.2, 0.25) is 0 Å². The number of hydrogen-bond acceptors (Lipinski definition) is 2. The highest BCUT2D eigenvalue weighted by Crippen LogP contribution is 2.53. The molecule has 0 heterocycles. The second-order valence-electron chi connectivity index (χ2n) is 4.61. The summed E-state index contributed by atoms with van der Waals surface area (Å²) < 4.78 is 0. The highest BCUT2D eigenvalue weighted by Gasteiger charge is 2.48. The first-order valence-corrected chi connectivity index (χ1v) is 5.61. The standard InChI is InChI=1S/C12H18O2/c1-3-12(4-2)7-8-5-6-9(13)10(8)11(12)14/h8,14H,3-7H2,1-2H3. The fourth-order valence-corrected chi connectivity index (χ4v) is 3.07. The summed E-state index contributed by atoms with van der Waals surface area (Å²) in [6, 6.07) is 0. The van der Waals surface area contributed by atoms with E-state index in [0.29, 0.717) is 18.1 Å². The molecule has 78 valence electrons. The van der Waals surface area contributed by atoms with Crippen LogP contribution in [0.5, 0.6) is 0 Å². The van der Waals surface area contributed by atoms with Crippen LogP contribution in [0.3, 0.4) is 0 Å². The zero-order valence-corrected chi connectivity index (χ0v) is 8.97. The molecule has 0 aromatic rings. The first-order valence-electron chi connectivity index (χ1n) is 5.61. The number of aliphatic hydroxyl groups excluding tert-OH is 1. The number of rotatable bonds is 2. The molecule has 2 heteroatoms. The largest absolute Gasteiger partial charge is 0.511 e. The summed E-state index contributed by atoms with van der Waals surface area (Å²) >= 11 is 0. The van der Waals surface area contributed by atoms with E-state index in [2.05, 4.69) is 13.8 Å². The van der Waals surface area contributed by atoms with Gasteiger partial charge in [-0.3, -0.25) is 4.79 Å². The first kappa shape index (κ1) is 9.75. The Morgan fingerprint density at radius 2 is 2.07 bits per heavy atom. The number of allylic oxidation sites excluding steroid dienone is 2. The molecule has 0 aromatic carbocycles. The summed E-state index contributed by atoms with van der Waals surface area (Å²) in [6.45, 7) is 4.21. The maximum atomic E-state index is 11.6. The lowest BCUT2D eigenvalue weighted by Gasteiger charge is -2.27. The van der Waals surface area contributed by atoms with Crippen molar-refractivity contribution in [2.45, 2.75) is 46.0 Å². The Bertz CT molecular complexity index is 297. The molecule has 0 radical (unpaired) electrons. The molecule has 1 N–H and O–H groups in total. The van der Waals surface area contributed by atoms with Gasteiger partial charge in [-0.1, -0.05) is 13.8 Å². The minimum atomic E-state index is -0.0733. The van der Waals surface area contributed by atoms with E-state index in [1.165, 1.54) is 0 Å². The van der Waals surface area contributed by atoms with Crippen molar-refractivity contribution in [1.82, 2.24) is 0 Å². The first-order chi connectivity index (χ1) is 6.64. The molecule has 2 rings (SSSR count). The second kappa shape index (κ2) is 3.11. The minimum absolute atomic E-state index is 0.0733. The molecule has 0 amide bonds. The average molecular weight is 194 g/mol. The summed E-state index contributed by atoms with van der Waals surface area (Å²) in [5.74, 6) is 0.980. The van der Waals surface area contributed by atoms with Gasteiger partial charge in [0.15, 0.2) is 5.78 Å². The lowest BCUT2D eigenvalue weighted by atomic mass is 9.78. The molecule has 1 atom stereocenters. The van der Waals surface area contributed by atoms with E-state index < -0.39 is 0 Å². The average Bonchev–Trinajstić information content (AvgIpc) is 2.67. The van der Waals surface area contributed by atoms with Gasteiger partial charge in [-0.05, 0) is 31.6 Å². The van der Waals surface area contributed by atoms with Crippen molar-refractivity contribution in [3.63, 3.8) is 0 Å². The number of Topliss-reactive ketones (excluding diaryl/α,β-unsaturated/α-hetero) is 1. The summed E-state index contributed by atoms with van der Waals surface area (Å²) in [4.78, 5) is 11.6. The van der Waals surface area contributed by atoms with Crippen molar-refractivity contribution >= 4 is 5.78 Å². The molecule has 2 nitrogen and oxygen atoms in total. The molecule has 1 fully saturated rings. The minimum Gasteiger partial charge on any atom is -0.511 e. The van der Waals surface area contributed by atoms with Crippen LogP contribution >= 0.6 is 0 Å². The lowest BCUT2D eigenvalue weighted by molar-refractivity contribution is -0.114. The second-order valence-corrected chi connectivity index (χ2v) is 4.61. The van der Waals surface area contributed by atoms with Crippen LogP contribution in [-0.4, -0.2) is 10.9 Å². The number of ketones is 1. The number of aliphatic hydroxyl groups is 1. The topological polar surface area (TPSA) is 37.3 Å². The van der Waals surface area contributed by atoms with E-state index in [4.69, 9.17) is 0 Å². The van der Waals surface area contributed by atoms with Crippen LogP contribution in [0.25, 0.3) is 0 Å². The lowest BCUT2D eigenvalue weighted by Crippen LogP contribution is -2.19. The number of fused-ring (bicyclic) bond motifs is 1. The van der Waals surface area contributed by atoms with Crippen molar-refractivity contribution in [3.8, 4) is 0 Å². The Balaban J connectivity index is 2.41. The molecule has 2 aliphatic carbocycles. The van der Waals surface area contributed by atoms with Crippen molar-refractivity contribution in [2.75, 3.05) is 0 Å². The van der Waals surface area contributed by atoms with E-state index in [1.54, 1.807) is 0 Å². The maximum Gasteiger partial charge on any atom is 0.162 e. The van der Waals surface area contributed by atoms with Crippen molar-refractivity contribution in [1.29, 1.82) is 0 Å². The van der Waals surface area contributed by atoms with Crippen LogP contribution in [0.1, 0.15) is 46.0 Å². The van der Waals surface area contributed by atoms with Crippen molar-refractivity contribution < 1.29 is 9.90 Å². The highest BCUT2D eigenvalue weighted by atomic mass is 16.3. The van der Waals surface area contributed by atoms with Gasteiger partial charge in [-0.25, -0.2) is 0 Å². The van der Waals surface area contributed by atoms with Crippen molar-refractivity contribution in [2.24, 2.45) is 11.3 Å². The molecule has 14 heavy (non-hydrogen) atoms. The van der Waals surface area contributed by atoms with E-state index in [0.717, 1.165) is 31.3 Å². The molecule has 0 spiro atoms. The van der Waals surface area contributed by atoms with Gasteiger partial charge in [0.2, 0.25) is 0 Å². The van der Waals surface area contributed by atoms with Crippen LogP contribution in [0, 0.1) is 11.3 Å². The van der Waals surface area contributed by atoms with Gasteiger partial charge in [-0.2, -0.15) is 0 Å². The quantitative estimate of drug-likeness (QED) is 0.733. The Kier molecular flexibility index (Phi) is 2.17. The Hall–Kier alpha value is -0.790. The highest BCUT2D eigenvalue weighted by molar-refractivity contribution is 5.99. The van der Waals surface area contributed by atoms with Crippen LogP contribution < -0.4 is 0 Å². The molecular formula is C12H18O2. The Morgan fingerprint density at radius 3 is 2.57 bits per heavy atom. The molecule has 0 bridgehead atoms. The van der Waals surface area contributed by atoms with E-state index in [1.807, 2.05) is 0 Å².